The SMILES string of the molecule is CC(C)CN1CCC(NC(C)CC(O)c2ccccc2)CC1. The Bertz CT molecular complexity index is 413. The van der Waals surface area contributed by atoms with E-state index in [2.05, 4.69) is 31.0 Å². The number of likely N-dealkylation sites (tertiary alicyclic amines) is 1. The fourth-order valence-electron chi connectivity index (χ4n) is 3.42. The maximum absolute atomic E-state index is 10.3. The first-order chi connectivity index (χ1) is 10.5. The van der Waals surface area contributed by atoms with Crippen LogP contribution in [0.15, 0.2) is 30.3 Å². The summed E-state index contributed by atoms with van der Waals surface area (Å²) in [5.41, 5.74) is 1.02. The van der Waals surface area contributed by atoms with Crippen LogP contribution in [0.3, 0.4) is 0 Å². The average molecular weight is 304 g/mol. The Balaban J connectivity index is 1.71. The Morgan fingerprint density at radius 2 is 1.77 bits per heavy atom. The van der Waals surface area contributed by atoms with Gasteiger partial charge >= 0.3 is 0 Å². The topological polar surface area (TPSA) is 35.5 Å². The van der Waals surface area contributed by atoms with Crippen LogP contribution in [0.25, 0.3) is 0 Å². The van der Waals surface area contributed by atoms with Gasteiger partial charge in [0.05, 0.1) is 6.10 Å². The molecular weight excluding hydrogens is 272 g/mol. The molecule has 0 spiro atoms. The fourth-order valence-corrected chi connectivity index (χ4v) is 3.42. The molecule has 1 saturated heterocycles. The Labute approximate surface area is 135 Å². The predicted molar refractivity (Wildman–Crippen MR) is 92.9 cm³/mol. The minimum Gasteiger partial charge on any atom is -0.388 e. The number of hydrogen-bond donors (Lipinski definition) is 2. The number of aliphatic hydroxyl groups is 1. The van der Waals surface area contributed by atoms with Crippen molar-refractivity contribution in [2.24, 2.45) is 5.92 Å². The van der Waals surface area contributed by atoms with Crippen molar-refractivity contribution in [2.45, 2.75) is 58.2 Å². The van der Waals surface area contributed by atoms with Gasteiger partial charge in [0, 0.05) is 18.6 Å². The highest BCUT2D eigenvalue weighted by Crippen LogP contribution is 2.19. The number of rotatable bonds is 7. The van der Waals surface area contributed by atoms with Crippen LogP contribution in [-0.2, 0) is 0 Å². The van der Waals surface area contributed by atoms with Crippen molar-refractivity contribution in [3.63, 3.8) is 0 Å². The summed E-state index contributed by atoms with van der Waals surface area (Å²) in [5, 5.41) is 14.0. The van der Waals surface area contributed by atoms with E-state index in [0.717, 1.165) is 17.9 Å². The van der Waals surface area contributed by atoms with E-state index >= 15 is 0 Å². The molecule has 22 heavy (non-hydrogen) atoms. The zero-order valence-corrected chi connectivity index (χ0v) is 14.3. The van der Waals surface area contributed by atoms with Gasteiger partial charge in [-0.3, -0.25) is 0 Å². The van der Waals surface area contributed by atoms with Crippen LogP contribution in [0.5, 0.6) is 0 Å². The summed E-state index contributed by atoms with van der Waals surface area (Å²) in [5.74, 6) is 0.754. The first-order valence-electron chi connectivity index (χ1n) is 8.76. The molecule has 0 saturated carbocycles. The van der Waals surface area contributed by atoms with Crippen LogP contribution in [0.2, 0.25) is 0 Å². The Morgan fingerprint density at radius 1 is 1.14 bits per heavy atom. The lowest BCUT2D eigenvalue weighted by Gasteiger charge is -2.35. The highest BCUT2D eigenvalue weighted by atomic mass is 16.3. The highest BCUT2D eigenvalue weighted by molar-refractivity contribution is 5.17. The molecule has 3 nitrogen and oxygen atoms in total. The third-order valence-electron chi connectivity index (χ3n) is 4.49. The van der Waals surface area contributed by atoms with Gasteiger partial charge in [0.2, 0.25) is 0 Å². The molecule has 0 aliphatic carbocycles. The van der Waals surface area contributed by atoms with Gasteiger partial charge in [-0.2, -0.15) is 0 Å². The molecule has 2 rings (SSSR count). The molecule has 2 unspecified atom stereocenters. The molecule has 0 bridgehead atoms. The van der Waals surface area contributed by atoms with E-state index in [1.54, 1.807) is 0 Å². The zero-order chi connectivity index (χ0) is 15.9. The van der Waals surface area contributed by atoms with Crippen LogP contribution >= 0.6 is 0 Å². The van der Waals surface area contributed by atoms with Crippen LogP contribution in [0, 0.1) is 5.92 Å². The van der Waals surface area contributed by atoms with E-state index in [4.69, 9.17) is 0 Å². The van der Waals surface area contributed by atoms with Crippen molar-refractivity contribution in [1.82, 2.24) is 10.2 Å². The quantitative estimate of drug-likeness (QED) is 0.812. The number of hydrogen-bond acceptors (Lipinski definition) is 3. The maximum Gasteiger partial charge on any atom is 0.0804 e. The molecule has 1 heterocycles. The fraction of sp³-hybridized carbons (Fsp3) is 0.684. The van der Waals surface area contributed by atoms with Gasteiger partial charge in [-0.25, -0.2) is 0 Å². The Kier molecular flexibility index (Phi) is 6.87. The molecule has 1 fully saturated rings. The Hall–Kier alpha value is -0.900. The summed E-state index contributed by atoms with van der Waals surface area (Å²) in [4.78, 5) is 2.58. The molecule has 1 aliphatic rings. The molecule has 2 atom stereocenters. The number of aliphatic hydroxyl groups excluding tert-OH is 1. The van der Waals surface area contributed by atoms with Gasteiger partial charge in [-0.15, -0.1) is 0 Å². The Morgan fingerprint density at radius 3 is 2.36 bits per heavy atom. The second-order valence-electron chi connectivity index (χ2n) is 7.20. The van der Waals surface area contributed by atoms with Crippen molar-refractivity contribution in [2.75, 3.05) is 19.6 Å². The van der Waals surface area contributed by atoms with Gasteiger partial charge in [0.1, 0.15) is 0 Å². The van der Waals surface area contributed by atoms with E-state index in [-0.39, 0.29) is 6.10 Å². The zero-order valence-electron chi connectivity index (χ0n) is 14.3. The summed E-state index contributed by atoms with van der Waals surface area (Å²) in [6.07, 6.45) is 2.84. The molecule has 124 valence electrons. The van der Waals surface area contributed by atoms with E-state index in [0.29, 0.717) is 12.1 Å². The third-order valence-corrected chi connectivity index (χ3v) is 4.49. The van der Waals surface area contributed by atoms with E-state index in [9.17, 15) is 5.11 Å². The summed E-state index contributed by atoms with van der Waals surface area (Å²) in [6.45, 7) is 10.4. The summed E-state index contributed by atoms with van der Waals surface area (Å²) in [7, 11) is 0. The normalized spacial score (nSPS) is 20.2. The minimum atomic E-state index is -0.371. The molecule has 3 heteroatoms. The smallest absolute Gasteiger partial charge is 0.0804 e. The first kappa shape index (κ1) is 17.5. The lowest BCUT2D eigenvalue weighted by Crippen LogP contribution is -2.46. The summed E-state index contributed by atoms with van der Waals surface area (Å²) >= 11 is 0. The largest absolute Gasteiger partial charge is 0.388 e. The molecular formula is C19H32N2O. The van der Waals surface area contributed by atoms with Gasteiger partial charge in [-0.1, -0.05) is 44.2 Å². The standard InChI is InChI=1S/C19H32N2O/c1-15(2)14-21-11-9-18(10-12-21)20-16(3)13-19(22)17-7-5-4-6-8-17/h4-8,15-16,18-20,22H,9-14H2,1-3H3. The molecule has 0 amide bonds. The third kappa shape index (κ3) is 5.71. The van der Waals surface area contributed by atoms with Crippen molar-refractivity contribution in [1.29, 1.82) is 0 Å². The summed E-state index contributed by atoms with van der Waals surface area (Å²) < 4.78 is 0. The molecule has 0 radical (unpaired) electrons. The molecule has 0 aromatic heterocycles. The second kappa shape index (κ2) is 8.66. The number of nitrogens with one attached hydrogen (secondary N) is 1. The molecule has 2 N–H and O–H groups in total. The highest BCUT2D eigenvalue weighted by Gasteiger charge is 2.21. The molecule has 1 aromatic rings. The van der Waals surface area contributed by atoms with Crippen molar-refractivity contribution in [3.05, 3.63) is 35.9 Å². The minimum absolute atomic E-state index is 0.344. The number of nitrogens with zero attached hydrogens (tertiary/aromatic N) is 1. The van der Waals surface area contributed by atoms with Crippen LogP contribution in [0.1, 0.15) is 51.7 Å². The molecule has 1 aromatic carbocycles. The van der Waals surface area contributed by atoms with E-state index in [1.807, 2.05) is 30.3 Å². The monoisotopic (exact) mass is 304 g/mol. The van der Waals surface area contributed by atoms with Gasteiger partial charge in [0.25, 0.3) is 0 Å². The second-order valence-corrected chi connectivity index (χ2v) is 7.20. The number of benzene rings is 1. The lowest BCUT2D eigenvalue weighted by atomic mass is 9.99. The van der Waals surface area contributed by atoms with Crippen molar-refractivity contribution < 1.29 is 5.11 Å². The maximum atomic E-state index is 10.3. The summed E-state index contributed by atoms with van der Waals surface area (Å²) in [6, 6.07) is 10.9. The van der Waals surface area contributed by atoms with Crippen LogP contribution < -0.4 is 5.32 Å². The van der Waals surface area contributed by atoms with E-state index < -0.39 is 0 Å². The first-order valence-corrected chi connectivity index (χ1v) is 8.76. The van der Waals surface area contributed by atoms with Gasteiger partial charge < -0.3 is 15.3 Å². The van der Waals surface area contributed by atoms with Crippen LogP contribution in [0.4, 0.5) is 0 Å². The van der Waals surface area contributed by atoms with Gasteiger partial charge in [0.15, 0.2) is 0 Å². The predicted octanol–water partition coefficient (Wildman–Crippen LogP) is 3.21. The van der Waals surface area contributed by atoms with Crippen molar-refractivity contribution in [3.8, 4) is 0 Å². The van der Waals surface area contributed by atoms with Gasteiger partial charge in [-0.05, 0) is 50.8 Å². The molecule has 1 aliphatic heterocycles. The average Bonchev–Trinajstić information content (AvgIpc) is 2.49. The van der Waals surface area contributed by atoms with Crippen molar-refractivity contribution >= 4 is 0 Å². The lowest BCUT2D eigenvalue weighted by molar-refractivity contribution is 0.139. The number of piperidine rings is 1. The van der Waals surface area contributed by atoms with E-state index in [1.165, 1.54) is 32.5 Å². The van der Waals surface area contributed by atoms with Crippen LogP contribution in [-0.4, -0.2) is 41.7 Å².